The van der Waals surface area contributed by atoms with Gasteiger partial charge in [0.1, 0.15) is 11.5 Å². The molecule has 1 aliphatic heterocycles. The summed E-state index contributed by atoms with van der Waals surface area (Å²) in [5, 5.41) is 8.21. The van der Waals surface area contributed by atoms with Crippen molar-refractivity contribution in [3.63, 3.8) is 0 Å². The van der Waals surface area contributed by atoms with Gasteiger partial charge in [-0.05, 0) is 67.8 Å². The number of likely N-dealkylation sites (tertiary alicyclic amines) is 1. The average Bonchev–Trinajstić information content (AvgIpc) is 3.36. The van der Waals surface area contributed by atoms with Gasteiger partial charge < -0.3 is 25.8 Å². The molecule has 1 atom stereocenters. The van der Waals surface area contributed by atoms with Gasteiger partial charge in [0, 0.05) is 31.0 Å². The topological polar surface area (TPSA) is 119 Å². The van der Waals surface area contributed by atoms with Gasteiger partial charge in [-0.3, -0.25) is 14.4 Å². The summed E-state index contributed by atoms with van der Waals surface area (Å²) in [6.07, 6.45) is 3.70. The lowest BCUT2D eigenvalue weighted by atomic mass is 10.0. The summed E-state index contributed by atoms with van der Waals surface area (Å²) in [4.78, 5) is 46.9. The van der Waals surface area contributed by atoms with Gasteiger partial charge in [-0.2, -0.15) is 0 Å². The second-order valence-electron chi connectivity index (χ2n) is 9.04. The van der Waals surface area contributed by atoms with Crippen LogP contribution in [0.5, 0.6) is 0 Å². The van der Waals surface area contributed by atoms with Crippen LogP contribution in [0.1, 0.15) is 51.1 Å². The Bertz CT molecular complexity index is 1280. The lowest BCUT2D eigenvalue weighted by Gasteiger charge is -2.30. The third-order valence-electron chi connectivity index (χ3n) is 6.11. The second-order valence-corrected chi connectivity index (χ2v) is 9.45. The molecular formula is C26H28ClFN6O3. The Kier molecular flexibility index (Phi) is 8.52. The lowest BCUT2D eigenvalue weighted by Crippen LogP contribution is -2.40. The molecule has 3 amide bonds. The van der Waals surface area contributed by atoms with E-state index >= 15 is 0 Å². The van der Waals surface area contributed by atoms with Crippen molar-refractivity contribution in [2.45, 2.75) is 19.8 Å². The number of nitrogens with zero attached hydrogens (tertiary/aromatic N) is 2. The molecule has 0 aliphatic carbocycles. The largest absolute Gasteiger partial charge is 0.349 e. The minimum atomic E-state index is -0.550. The van der Waals surface area contributed by atoms with Gasteiger partial charge >= 0.3 is 0 Å². The molecule has 37 heavy (non-hydrogen) atoms. The molecule has 194 valence electrons. The number of piperidine rings is 1. The SMILES string of the molecule is CC1CCCN(CCNC(=O)c2[nH]cnc2C(=O)Nc2ccc(NC(=O)c3ccc(F)cc3Cl)cc2)C1. The van der Waals surface area contributed by atoms with Gasteiger partial charge in [0.25, 0.3) is 17.7 Å². The Morgan fingerprint density at radius 1 is 1.08 bits per heavy atom. The summed E-state index contributed by atoms with van der Waals surface area (Å²) in [6.45, 7) is 5.51. The van der Waals surface area contributed by atoms with Crippen LogP contribution in [0.4, 0.5) is 15.8 Å². The van der Waals surface area contributed by atoms with E-state index in [9.17, 15) is 18.8 Å². The Morgan fingerprint density at radius 3 is 2.46 bits per heavy atom. The number of hydrogen-bond donors (Lipinski definition) is 4. The summed E-state index contributed by atoms with van der Waals surface area (Å²) < 4.78 is 13.2. The number of anilines is 2. The first-order chi connectivity index (χ1) is 17.8. The first kappa shape index (κ1) is 26.3. The maximum atomic E-state index is 13.2. The van der Waals surface area contributed by atoms with Crippen molar-refractivity contribution in [3.8, 4) is 0 Å². The Morgan fingerprint density at radius 2 is 1.78 bits per heavy atom. The number of amides is 3. The molecule has 2 aromatic carbocycles. The van der Waals surface area contributed by atoms with Gasteiger partial charge in [-0.25, -0.2) is 9.37 Å². The predicted molar refractivity (Wildman–Crippen MR) is 140 cm³/mol. The van der Waals surface area contributed by atoms with Crippen LogP contribution in [0.2, 0.25) is 5.02 Å². The number of rotatable bonds is 8. The van der Waals surface area contributed by atoms with Crippen LogP contribution in [0.15, 0.2) is 48.8 Å². The fraction of sp³-hybridized carbons (Fsp3) is 0.308. The van der Waals surface area contributed by atoms with E-state index in [1.807, 2.05) is 0 Å². The summed E-state index contributed by atoms with van der Waals surface area (Å²) >= 11 is 5.94. The minimum absolute atomic E-state index is 0.00122. The van der Waals surface area contributed by atoms with Crippen LogP contribution < -0.4 is 16.0 Å². The molecule has 4 N–H and O–H groups in total. The lowest BCUT2D eigenvalue weighted by molar-refractivity contribution is 0.0926. The van der Waals surface area contributed by atoms with Crippen LogP contribution in [-0.2, 0) is 0 Å². The van der Waals surface area contributed by atoms with Crippen LogP contribution in [0.25, 0.3) is 0 Å². The van der Waals surface area contributed by atoms with Crippen molar-refractivity contribution in [3.05, 3.63) is 76.6 Å². The van der Waals surface area contributed by atoms with Crippen LogP contribution in [0, 0.1) is 11.7 Å². The number of carbonyl (C=O) groups is 3. The first-order valence-electron chi connectivity index (χ1n) is 12.0. The number of nitrogens with one attached hydrogen (secondary N) is 4. The van der Waals surface area contributed by atoms with E-state index in [4.69, 9.17) is 11.6 Å². The molecule has 1 unspecified atom stereocenters. The highest BCUT2D eigenvalue weighted by Crippen LogP contribution is 2.20. The molecule has 3 aromatic rings. The van der Waals surface area contributed by atoms with Gasteiger partial charge in [0.05, 0.1) is 16.9 Å². The van der Waals surface area contributed by atoms with Crippen LogP contribution in [-0.4, -0.2) is 58.8 Å². The highest BCUT2D eigenvalue weighted by molar-refractivity contribution is 6.34. The normalized spacial score (nSPS) is 15.7. The second kappa shape index (κ2) is 12.0. The van der Waals surface area contributed by atoms with E-state index in [0.717, 1.165) is 38.2 Å². The van der Waals surface area contributed by atoms with E-state index in [-0.39, 0.29) is 22.0 Å². The van der Waals surface area contributed by atoms with Crippen molar-refractivity contribution in [1.82, 2.24) is 20.2 Å². The van der Waals surface area contributed by atoms with Gasteiger partial charge in [0.2, 0.25) is 0 Å². The molecule has 0 saturated carbocycles. The monoisotopic (exact) mass is 526 g/mol. The summed E-state index contributed by atoms with van der Waals surface area (Å²) in [5.74, 6) is -1.32. The van der Waals surface area contributed by atoms with E-state index < -0.39 is 23.5 Å². The minimum Gasteiger partial charge on any atom is -0.349 e. The standard InChI is InChI=1S/C26H28ClFN6O3/c1-16-3-2-11-34(14-16)12-10-29-25(36)22-23(31-15-30-22)26(37)33-19-7-5-18(6-8-19)32-24(35)20-9-4-17(28)13-21(20)27/h4-9,13,15-16H,2-3,10-12,14H2,1H3,(H,29,36)(H,30,31)(H,32,35)(H,33,37). The molecule has 0 radical (unpaired) electrons. The van der Waals surface area contributed by atoms with E-state index in [2.05, 4.69) is 37.7 Å². The van der Waals surface area contributed by atoms with Crippen molar-refractivity contribution in [2.75, 3.05) is 36.8 Å². The number of hydrogen-bond acceptors (Lipinski definition) is 5. The zero-order valence-corrected chi connectivity index (χ0v) is 21.1. The maximum Gasteiger partial charge on any atom is 0.276 e. The molecule has 1 aliphatic rings. The summed E-state index contributed by atoms with van der Waals surface area (Å²) in [5.41, 5.74) is 1.09. The molecule has 4 rings (SSSR count). The van der Waals surface area contributed by atoms with E-state index in [0.29, 0.717) is 23.8 Å². The van der Waals surface area contributed by atoms with E-state index in [1.54, 1.807) is 24.3 Å². The molecule has 9 nitrogen and oxygen atoms in total. The zero-order chi connectivity index (χ0) is 26.4. The Hall–Kier alpha value is -3.76. The van der Waals surface area contributed by atoms with Crippen molar-refractivity contribution < 1.29 is 18.8 Å². The molecule has 1 fully saturated rings. The number of halogens is 2. The smallest absolute Gasteiger partial charge is 0.276 e. The Labute approximate surface area is 218 Å². The molecule has 2 heterocycles. The number of carbonyl (C=O) groups excluding carboxylic acids is 3. The third kappa shape index (κ3) is 6.93. The fourth-order valence-corrected chi connectivity index (χ4v) is 4.50. The third-order valence-corrected chi connectivity index (χ3v) is 6.43. The molecular weight excluding hydrogens is 499 g/mol. The maximum absolute atomic E-state index is 13.2. The van der Waals surface area contributed by atoms with Crippen molar-refractivity contribution >= 4 is 40.7 Å². The Balaban J connectivity index is 1.31. The molecule has 0 spiro atoms. The van der Waals surface area contributed by atoms with Crippen molar-refractivity contribution in [1.29, 1.82) is 0 Å². The van der Waals surface area contributed by atoms with Gasteiger partial charge in [-0.1, -0.05) is 18.5 Å². The number of aromatic amines is 1. The molecule has 11 heteroatoms. The fourth-order valence-electron chi connectivity index (χ4n) is 4.24. The van der Waals surface area contributed by atoms with Crippen molar-refractivity contribution in [2.24, 2.45) is 5.92 Å². The first-order valence-corrected chi connectivity index (χ1v) is 12.4. The predicted octanol–water partition coefficient (Wildman–Crippen LogP) is 4.17. The van der Waals surface area contributed by atoms with E-state index in [1.165, 1.54) is 18.8 Å². The molecule has 1 aromatic heterocycles. The highest BCUT2D eigenvalue weighted by Gasteiger charge is 2.21. The quantitative estimate of drug-likeness (QED) is 0.351. The number of H-pyrrole nitrogens is 1. The highest BCUT2D eigenvalue weighted by atomic mass is 35.5. The average molecular weight is 527 g/mol. The summed E-state index contributed by atoms with van der Waals surface area (Å²) in [6, 6.07) is 9.87. The van der Waals surface area contributed by atoms with Crippen LogP contribution >= 0.6 is 11.6 Å². The molecule has 0 bridgehead atoms. The van der Waals surface area contributed by atoms with Gasteiger partial charge in [0.15, 0.2) is 5.69 Å². The zero-order valence-electron chi connectivity index (χ0n) is 20.3. The van der Waals surface area contributed by atoms with Gasteiger partial charge in [-0.15, -0.1) is 0 Å². The molecule has 1 saturated heterocycles. The van der Waals surface area contributed by atoms with Crippen LogP contribution in [0.3, 0.4) is 0 Å². The number of benzene rings is 2. The number of imidazole rings is 1. The number of aromatic nitrogens is 2. The summed E-state index contributed by atoms with van der Waals surface area (Å²) in [7, 11) is 0.